The third kappa shape index (κ3) is 2.79. The van der Waals surface area contributed by atoms with Crippen LogP contribution in [-0.2, 0) is 0 Å². The predicted molar refractivity (Wildman–Crippen MR) is 33.9 cm³/mol. The fourth-order valence-corrected chi connectivity index (χ4v) is 0.583. The molecule has 0 saturated carbocycles. The molecule has 0 radical (unpaired) electrons. The smallest absolute Gasteiger partial charge is 0.0843 e. The lowest BCUT2D eigenvalue weighted by Gasteiger charge is -2.18. The van der Waals surface area contributed by atoms with E-state index in [1.54, 1.807) is 6.92 Å². The molecule has 0 heterocycles. The quantitative estimate of drug-likeness (QED) is 0.481. The van der Waals surface area contributed by atoms with Crippen molar-refractivity contribution >= 4 is 0 Å². The maximum atomic E-state index is 8.98. The number of rotatable bonds is 3. The van der Waals surface area contributed by atoms with Crippen LogP contribution in [0.1, 0.15) is 13.8 Å². The first-order chi connectivity index (χ1) is 4.09. The van der Waals surface area contributed by atoms with E-state index in [4.69, 9.17) is 15.3 Å². The van der Waals surface area contributed by atoms with Gasteiger partial charge in [0.15, 0.2) is 0 Å². The Kier molecular flexibility index (Phi) is 3.77. The predicted octanol–water partition coefficient (Wildman–Crippen LogP) is -0.644. The molecule has 3 nitrogen and oxygen atoms in total. The second-order valence-corrected chi connectivity index (χ2v) is 2.39. The average molecular weight is 134 g/mol. The molecule has 0 amide bonds. The first-order valence-corrected chi connectivity index (χ1v) is 3.06. The van der Waals surface area contributed by atoms with Crippen LogP contribution in [0.5, 0.6) is 0 Å². The highest BCUT2D eigenvalue weighted by Gasteiger charge is 2.17. The highest BCUT2D eigenvalue weighted by Crippen LogP contribution is 2.04. The molecule has 9 heavy (non-hydrogen) atoms. The fraction of sp³-hybridized carbons (Fsp3) is 1.00. The van der Waals surface area contributed by atoms with Gasteiger partial charge in [-0.25, -0.2) is 0 Å². The van der Waals surface area contributed by atoms with Crippen molar-refractivity contribution in [3.05, 3.63) is 0 Å². The lowest BCUT2D eigenvalue weighted by molar-refractivity contribution is -0.0174. The summed E-state index contributed by atoms with van der Waals surface area (Å²) in [4.78, 5) is 0. The van der Waals surface area contributed by atoms with E-state index < -0.39 is 12.2 Å². The van der Waals surface area contributed by atoms with Gasteiger partial charge in [0.25, 0.3) is 0 Å². The van der Waals surface area contributed by atoms with Crippen LogP contribution in [0.3, 0.4) is 0 Å². The maximum absolute atomic E-state index is 8.98. The molecule has 3 N–H and O–H groups in total. The molecule has 56 valence electrons. The van der Waals surface area contributed by atoms with Gasteiger partial charge in [0.05, 0.1) is 12.2 Å². The number of aliphatic hydroxyl groups is 3. The van der Waals surface area contributed by atoms with Gasteiger partial charge in [0.2, 0.25) is 0 Å². The number of aliphatic hydroxyl groups excluding tert-OH is 3. The van der Waals surface area contributed by atoms with Crippen LogP contribution >= 0.6 is 0 Å². The van der Waals surface area contributed by atoms with Crippen LogP contribution in [0.4, 0.5) is 0 Å². The van der Waals surface area contributed by atoms with Gasteiger partial charge in [-0.05, 0) is 6.92 Å². The van der Waals surface area contributed by atoms with E-state index in [2.05, 4.69) is 0 Å². The van der Waals surface area contributed by atoms with Crippen LogP contribution in [0.2, 0.25) is 0 Å². The Morgan fingerprint density at radius 2 is 1.67 bits per heavy atom. The molecule has 0 aliphatic rings. The normalized spacial score (nSPS) is 21.0. The SMILES string of the molecule is CC(CO)[C@@H](O)[C@H](C)O. The van der Waals surface area contributed by atoms with Crippen molar-refractivity contribution in [3.63, 3.8) is 0 Å². The molecule has 0 aromatic rings. The number of hydrogen-bond donors (Lipinski definition) is 3. The summed E-state index contributed by atoms with van der Waals surface area (Å²) < 4.78 is 0. The molecule has 0 aromatic heterocycles. The zero-order chi connectivity index (χ0) is 7.44. The highest BCUT2D eigenvalue weighted by atomic mass is 16.3. The van der Waals surface area contributed by atoms with Crippen LogP contribution in [-0.4, -0.2) is 34.1 Å². The Bertz CT molecular complexity index is 72.7. The summed E-state index contributed by atoms with van der Waals surface area (Å²) in [6.45, 7) is 3.08. The van der Waals surface area contributed by atoms with Crippen LogP contribution in [0, 0.1) is 5.92 Å². The lowest BCUT2D eigenvalue weighted by atomic mass is 10.0. The molecule has 3 heteroatoms. The van der Waals surface area contributed by atoms with Gasteiger partial charge in [0.1, 0.15) is 0 Å². The zero-order valence-corrected chi connectivity index (χ0v) is 5.78. The van der Waals surface area contributed by atoms with Gasteiger partial charge in [0, 0.05) is 12.5 Å². The monoisotopic (exact) mass is 134 g/mol. The standard InChI is InChI=1S/C6H14O3/c1-4(3-7)6(9)5(2)8/h4-9H,3H2,1-2H3/t4?,5-,6+/m0/s1. The summed E-state index contributed by atoms with van der Waals surface area (Å²) in [6.07, 6.45) is -1.57. The summed E-state index contributed by atoms with van der Waals surface area (Å²) >= 11 is 0. The van der Waals surface area contributed by atoms with Gasteiger partial charge in [-0.1, -0.05) is 6.92 Å². The summed E-state index contributed by atoms with van der Waals surface area (Å²) in [5.74, 6) is -0.245. The van der Waals surface area contributed by atoms with E-state index in [1.807, 2.05) is 0 Å². The summed E-state index contributed by atoms with van der Waals surface area (Å²) in [5, 5.41) is 26.2. The average Bonchev–Trinajstić information content (AvgIpc) is 1.84. The van der Waals surface area contributed by atoms with Crippen LogP contribution in [0.15, 0.2) is 0 Å². The molecule has 0 aromatic carbocycles. The van der Waals surface area contributed by atoms with E-state index in [0.717, 1.165) is 0 Å². The first kappa shape index (κ1) is 8.88. The molecule has 0 spiro atoms. The highest BCUT2D eigenvalue weighted by molar-refractivity contribution is 4.67. The Labute approximate surface area is 54.9 Å². The van der Waals surface area contributed by atoms with Crippen LogP contribution < -0.4 is 0 Å². The Morgan fingerprint density at radius 3 is 1.78 bits per heavy atom. The molecule has 0 aliphatic carbocycles. The van der Waals surface area contributed by atoms with Crippen molar-refractivity contribution in [1.82, 2.24) is 0 Å². The van der Waals surface area contributed by atoms with Crippen molar-refractivity contribution in [3.8, 4) is 0 Å². The Balaban J connectivity index is 3.58. The van der Waals surface area contributed by atoms with Gasteiger partial charge >= 0.3 is 0 Å². The van der Waals surface area contributed by atoms with E-state index in [9.17, 15) is 0 Å². The van der Waals surface area contributed by atoms with Crippen molar-refractivity contribution in [1.29, 1.82) is 0 Å². The third-order valence-electron chi connectivity index (χ3n) is 1.37. The number of hydrogen-bond acceptors (Lipinski definition) is 3. The Morgan fingerprint density at radius 1 is 1.22 bits per heavy atom. The molecule has 0 rings (SSSR count). The maximum Gasteiger partial charge on any atom is 0.0843 e. The minimum atomic E-state index is -0.810. The molecule has 0 saturated heterocycles. The van der Waals surface area contributed by atoms with Gasteiger partial charge in [-0.3, -0.25) is 0 Å². The van der Waals surface area contributed by atoms with E-state index in [-0.39, 0.29) is 12.5 Å². The van der Waals surface area contributed by atoms with Gasteiger partial charge < -0.3 is 15.3 Å². The van der Waals surface area contributed by atoms with Crippen molar-refractivity contribution in [2.24, 2.45) is 5.92 Å². The lowest BCUT2D eigenvalue weighted by Crippen LogP contribution is -2.31. The van der Waals surface area contributed by atoms with E-state index in [1.165, 1.54) is 6.92 Å². The minimum absolute atomic E-state index is 0.0912. The van der Waals surface area contributed by atoms with Crippen molar-refractivity contribution in [2.45, 2.75) is 26.1 Å². The van der Waals surface area contributed by atoms with Crippen molar-refractivity contribution < 1.29 is 15.3 Å². The molecular weight excluding hydrogens is 120 g/mol. The largest absolute Gasteiger partial charge is 0.396 e. The minimum Gasteiger partial charge on any atom is -0.396 e. The van der Waals surface area contributed by atoms with Gasteiger partial charge in [-0.15, -0.1) is 0 Å². The molecule has 0 aliphatic heterocycles. The summed E-state index contributed by atoms with van der Waals surface area (Å²) in [7, 11) is 0. The van der Waals surface area contributed by atoms with Crippen molar-refractivity contribution in [2.75, 3.05) is 6.61 Å². The first-order valence-electron chi connectivity index (χ1n) is 3.06. The Hall–Kier alpha value is -0.120. The molecule has 0 fully saturated rings. The second kappa shape index (κ2) is 3.82. The second-order valence-electron chi connectivity index (χ2n) is 2.39. The summed E-state index contributed by atoms with van der Waals surface area (Å²) in [5.41, 5.74) is 0. The van der Waals surface area contributed by atoms with E-state index in [0.29, 0.717) is 0 Å². The third-order valence-corrected chi connectivity index (χ3v) is 1.37. The van der Waals surface area contributed by atoms with Crippen LogP contribution in [0.25, 0.3) is 0 Å². The van der Waals surface area contributed by atoms with E-state index >= 15 is 0 Å². The molecule has 1 unspecified atom stereocenters. The topological polar surface area (TPSA) is 60.7 Å². The zero-order valence-electron chi connectivity index (χ0n) is 5.78. The molecule has 3 atom stereocenters. The fourth-order valence-electron chi connectivity index (χ4n) is 0.583. The summed E-state index contributed by atoms with van der Waals surface area (Å²) in [6, 6.07) is 0. The molecular formula is C6H14O3. The van der Waals surface area contributed by atoms with Gasteiger partial charge in [-0.2, -0.15) is 0 Å². The molecule has 0 bridgehead atoms.